The lowest BCUT2D eigenvalue weighted by Gasteiger charge is -2.21. The second-order valence-corrected chi connectivity index (χ2v) is 7.80. The smallest absolute Gasteiger partial charge is 0.186 e. The molecular formula is C9H22O2Si. The highest BCUT2D eigenvalue weighted by molar-refractivity contribution is 6.71. The molecule has 2 nitrogen and oxygen atoms in total. The standard InChI is InChI=1S/C9H22O2Si/c1-5-10-8-7-9-12(3,4)11-6-2/h5-9H2,1-4H3. The minimum Gasteiger partial charge on any atom is -0.418 e. The molecule has 0 bridgehead atoms. The Bertz CT molecular complexity index is 105. The molecule has 0 rings (SSSR count). The molecule has 0 spiro atoms. The van der Waals surface area contributed by atoms with Gasteiger partial charge in [0.15, 0.2) is 8.32 Å². The van der Waals surface area contributed by atoms with Gasteiger partial charge in [0, 0.05) is 19.8 Å². The summed E-state index contributed by atoms with van der Waals surface area (Å²) in [6.45, 7) is 11.2. The fourth-order valence-corrected chi connectivity index (χ4v) is 3.13. The van der Waals surface area contributed by atoms with Crippen molar-refractivity contribution in [1.82, 2.24) is 0 Å². The minimum absolute atomic E-state index is 0.830. The monoisotopic (exact) mass is 190 g/mol. The van der Waals surface area contributed by atoms with E-state index in [1.54, 1.807) is 0 Å². The lowest BCUT2D eigenvalue weighted by molar-refractivity contribution is 0.147. The third-order valence-electron chi connectivity index (χ3n) is 1.81. The summed E-state index contributed by atoms with van der Waals surface area (Å²) in [7, 11) is -1.33. The molecule has 3 heteroatoms. The fraction of sp³-hybridized carbons (Fsp3) is 1.00. The van der Waals surface area contributed by atoms with Crippen LogP contribution in [0.2, 0.25) is 19.1 Å². The van der Waals surface area contributed by atoms with Crippen molar-refractivity contribution in [2.24, 2.45) is 0 Å². The van der Waals surface area contributed by atoms with E-state index in [1.165, 1.54) is 6.04 Å². The van der Waals surface area contributed by atoms with Crippen molar-refractivity contribution in [3.63, 3.8) is 0 Å². The highest BCUT2D eigenvalue weighted by Gasteiger charge is 2.20. The van der Waals surface area contributed by atoms with E-state index in [0.29, 0.717) is 0 Å². The average molecular weight is 190 g/mol. The number of hydrogen-bond donors (Lipinski definition) is 0. The van der Waals surface area contributed by atoms with Gasteiger partial charge in [-0.15, -0.1) is 0 Å². The molecule has 0 aromatic heterocycles. The summed E-state index contributed by atoms with van der Waals surface area (Å²) >= 11 is 0. The van der Waals surface area contributed by atoms with E-state index in [0.717, 1.165) is 26.2 Å². The molecule has 12 heavy (non-hydrogen) atoms. The van der Waals surface area contributed by atoms with Gasteiger partial charge in [-0.3, -0.25) is 0 Å². The van der Waals surface area contributed by atoms with Crippen LogP contribution in [0, 0.1) is 0 Å². The Hall–Kier alpha value is 0.137. The van der Waals surface area contributed by atoms with Crippen LogP contribution in [0.4, 0.5) is 0 Å². The van der Waals surface area contributed by atoms with Crippen LogP contribution < -0.4 is 0 Å². The molecule has 0 fully saturated rings. The zero-order valence-corrected chi connectivity index (χ0v) is 9.85. The first kappa shape index (κ1) is 12.1. The lowest BCUT2D eigenvalue weighted by atomic mass is 10.5. The zero-order valence-electron chi connectivity index (χ0n) is 8.85. The van der Waals surface area contributed by atoms with E-state index in [2.05, 4.69) is 20.0 Å². The predicted octanol–water partition coefficient (Wildman–Crippen LogP) is 2.65. The van der Waals surface area contributed by atoms with Crippen molar-refractivity contribution in [1.29, 1.82) is 0 Å². The van der Waals surface area contributed by atoms with Gasteiger partial charge in [0.1, 0.15) is 0 Å². The van der Waals surface area contributed by atoms with Crippen LogP contribution in [-0.2, 0) is 9.16 Å². The quantitative estimate of drug-likeness (QED) is 0.454. The molecule has 0 aliphatic rings. The van der Waals surface area contributed by atoms with E-state index in [4.69, 9.17) is 9.16 Å². The van der Waals surface area contributed by atoms with Crippen LogP contribution in [0.25, 0.3) is 0 Å². The highest BCUT2D eigenvalue weighted by Crippen LogP contribution is 2.13. The van der Waals surface area contributed by atoms with Crippen molar-refractivity contribution in [3.8, 4) is 0 Å². The van der Waals surface area contributed by atoms with Gasteiger partial charge in [-0.2, -0.15) is 0 Å². The molecule has 0 aliphatic carbocycles. The van der Waals surface area contributed by atoms with E-state index >= 15 is 0 Å². The molecule has 0 amide bonds. The molecule has 0 aliphatic heterocycles. The molecule has 0 saturated carbocycles. The Morgan fingerprint density at radius 1 is 1.08 bits per heavy atom. The Morgan fingerprint density at radius 2 is 1.75 bits per heavy atom. The van der Waals surface area contributed by atoms with Crippen LogP contribution in [-0.4, -0.2) is 28.1 Å². The molecule has 0 N–H and O–H groups in total. The third kappa shape index (κ3) is 6.82. The molecule has 0 heterocycles. The number of rotatable bonds is 7. The van der Waals surface area contributed by atoms with Crippen LogP contribution >= 0.6 is 0 Å². The Kier molecular flexibility index (Phi) is 6.71. The van der Waals surface area contributed by atoms with Gasteiger partial charge in [-0.1, -0.05) is 0 Å². The van der Waals surface area contributed by atoms with Crippen LogP contribution in [0.3, 0.4) is 0 Å². The largest absolute Gasteiger partial charge is 0.418 e. The van der Waals surface area contributed by atoms with Gasteiger partial charge in [-0.25, -0.2) is 0 Å². The lowest BCUT2D eigenvalue weighted by Crippen LogP contribution is -2.30. The first-order chi connectivity index (χ1) is 5.62. The first-order valence-electron chi connectivity index (χ1n) is 4.84. The average Bonchev–Trinajstić information content (AvgIpc) is 1.98. The fourth-order valence-electron chi connectivity index (χ4n) is 1.21. The van der Waals surface area contributed by atoms with Gasteiger partial charge in [0.2, 0.25) is 0 Å². The Morgan fingerprint density at radius 3 is 2.25 bits per heavy atom. The minimum atomic E-state index is -1.33. The van der Waals surface area contributed by atoms with E-state index < -0.39 is 8.32 Å². The first-order valence-corrected chi connectivity index (χ1v) is 7.95. The summed E-state index contributed by atoms with van der Waals surface area (Å²) in [5.41, 5.74) is 0. The molecule has 0 aromatic rings. The van der Waals surface area contributed by atoms with Crippen molar-refractivity contribution in [2.45, 2.75) is 39.4 Å². The molecular weight excluding hydrogens is 168 g/mol. The van der Waals surface area contributed by atoms with Gasteiger partial charge < -0.3 is 9.16 Å². The summed E-state index contributed by atoms with van der Waals surface area (Å²) in [6.07, 6.45) is 1.15. The van der Waals surface area contributed by atoms with Gasteiger partial charge in [0.05, 0.1) is 0 Å². The molecule has 0 saturated heterocycles. The van der Waals surface area contributed by atoms with Crippen molar-refractivity contribution in [3.05, 3.63) is 0 Å². The van der Waals surface area contributed by atoms with E-state index in [9.17, 15) is 0 Å². The van der Waals surface area contributed by atoms with Crippen LogP contribution in [0.15, 0.2) is 0 Å². The number of ether oxygens (including phenoxy) is 1. The topological polar surface area (TPSA) is 18.5 Å². The molecule has 0 radical (unpaired) electrons. The maximum Gasteiger partial charge on any atom is 0.186 e. The van der Waals surface area contributed by atoms with Crippen molar-refractivity contribution >= 4 is 8.32 Å². The van der Waals surface area contributed by atoms with Gasteiger partial charge >= 0.3 is 0 Å². The van der Waals surface area contributed by atoms with Crippen LogP contribution in [0.5, 0.6) is 0 Å². The molecule has 0 unspecified atom stereocenters. The second-order valence-electron chi connectivity index (χ2n) is 3.49. The summed E-state index contributed by atoms with van der Waals surface area (Å²) in [5.74, 6) is 0. The van der Waals surface area contributed by atoms with E-state index in [-0.39, 0.29) is 0 Å². The maximum absolute atomic E-state index is 5.69. The van der Waals surface area contributed by atoms with Crippen LogP contribution in [0.1, 0.15) is 20.3 Å². The Balaban J connectivity index is 3.33. The molecule has 0 aromatic carbocycles. The maximum atomic E-state index is 5.69. The predicted molar refractivity (Wildman–Crippen MR) is 55.0 cm³/mol. The van der Waals surface area contributed by atoms with Gasteiger partial charge in [0.25, 0.3) is 0 Å². The van der Waals surface area contributed by atoms with Crippen molar-refractivity contribution in [2.75, 3.05) is 19.8 Å². The summed E-state index contributed by atoms with van der Waals surface area (Å²) < 4.78 is 11.0. The van der Waals surface area contributed by atoms with Gasteiger partial charge in [-0.05, 0) is 39.4 Å². The summed E-state index contributed by atoms with van der Waals surface area (Å²) in [5, 5.41) is 0. The zero-order chi connectivity index (χ0) is 9.45. The third-order valence-corrected chi connectivity index (χ3v) is 4.43. The number of hydrogen-bond acceptors (Lipinski definition) is 2. The van der Waals surface area contributed by atoms with E-state index in [1.807, 2.05) is 6.92 Å². The molecule has 74 valence electrons. The normalized spacial score (nSPS) is 12.0. The summed E-state index contributed by atoms with van der Waals surface area (Å²) in [4.78, 5) is 0. The Labute approximate surface area is 77.4 Å². The van der Waals surface area contributed by atoms with Crippen molar-refractivity contribution < 1.29 is 9.16 Å². The SMILES string of the molecule is CCOCCC[Si](C)(C)OCC. The summed E-state index contributed by atoms with van der Waals surface area (Å²) in [6, 6.07) is 1.21. The second kappa shape index (κ2) is 6.63. The molecule has 0 atom stereocenters. The highest BCUT2D eigenvalue weighted by atomic mass is 28.4.